The van der Waals surface area contributed by atoms with Gasteiger partial charge < -0.3 is 10.6 Å². The lowest BCUT2D eigenvalue weighted by molar-refractivity contribution is 0.0989. The molecule has 1 fully saturated rings. The Hall–Kier alpha value is -4.19. The highest BCUT2D eigenvalue weighted by Crippen LogP contribution is 2.58. The number of hydrogen-bond acceptors (Lipinski definition) is 5. The maximum absolute atomic E-state index is 13.5. The summed E-state index contributed by atoms with van der Waals surface area (Å²) in [6.45, 7) is 0. The molecule has 1 aliphatic carbocycles. The Morgan fingerprint density at radius 3 is 1.97 bits per heavy atom. The van der Waals surface area contributed by atoms with Crippen LogP contribution < -0.4 is 15.5 Å². The molecule has 6 heteroatoms. The Labute approximate surface area is 186 Å². The van der Waals surface area contributed by atoms with Gasteiger partial charge in [0.05, 0.1) is 5.54 Å². The van der Waals surface area contributed by atoms with Crippen molar-refractivity contribution in [1.29, 1.82) is 0 Å². The summed E-state index contributed by atoms with van der Waals surface area (Å²) in [4.78, 5) is 23.6. The standard InChI is InChI=1S/C26H21N5O/c32-25-23-5-4-21(30-19-8-14-28-15-9-19)17-24(23)26(10-11-26)31(25)22-3-1-2-20(16-22)29-18-6-12-27-13-7-18/h1-9,12-17H,10-11H2,(H,27,29)(H,28,30). The molecule has 2 aliphatic rings. The molecule has 0 unspecified atom stereocenters. The number of aromatic nitrogens is 2. The Morgan fingerprint density at radius 1 is 0.719 bits per heavy atom. The van der Waals surface area contributed by atoms with Crippen LogP contribution in [-0.4, -0.2) is 15.9 Å². The molecule has 1 spiro atoms. The van der Waals surface area contributed by atoms with Crippen molar-refractivity contribution in [1.82, 2.24) is 9.97 Å². The van der Waals surface area contributed by atoms with Crippen LogP contribution in [0.2, 0.25) is 0 Å². The molecule has 4 aromatic rings. The van der Waals surface area contributed by atoms with Crippen molar-refractivity contribution in [2.24, 2.45) is 0 Å². The van der Waals surface area contributed by atoms with Crippen LogP contribution in [0.5, 0.6) is 0 Å². The van der Waals surface area contributed by atoms with E-state index >= 15 is 0 Å². The average molecular weight is 419 g/mol. The zero-order valence-corrected chi connectivity index (χ0v) is 17.3. The number of hydrogen-bond donors (Lipinski definition) is 2. The molecule has 156 valence electrons. The Bertz CT molecular complexity index is 1300. The minimum absolute atomic E-state index is 0.0639. The van der Waals surface area contributed by atoms with E-state index in [1.807, 2.05) is 65.6 Å². The number of amides is 1. The molecule has 1 amide bonds. The van der Waals surface area contributed by atoms with Gasteiger partial charge in [0.25, 0.3) is 5.91 Å². The van der Waals surface area contributed by atoms with Gasteiger partial charge in [-0.1, -0.05) is 6.07 Å². The van der Waals surface area contributed by atoms with E-state index < -0.39 is 0 Å². The monoisotopic (exact) mass is 419 g/mol. The second kappa shape index (κ2) is 7.20. The molecule has 6 nitrogen and oxygen atoms in total. The molecule has 2 aromatic carbocycles. The third kappa shape index (κ3) is 3.08. The smallest absolute Gasteiger partial charge is 0.259 e. The van der Waals surface area contributed by atoms with E-state index in [0.29, 0.717) is 0 Å². The van der Waals surface area contributed by atoms with Crippen molar-refractivity contribution in [3.8, 4) is 0 Å². The number of carbonyl (C=O) groups is 1. The molecule has 0 saturated heterocycles. The first-order valence-electron chi connectivity index (χ1n) is 10.7. The van der Waals surface area contributed by atoms with Crippen LogP contribution in [-0.2, 0) is 5.54 Å². The topological polar surface area (TPSA) is 70.2 Å². The highest BCUT2D eigenvalue weighted by Gasteiger charge is 2.58. The summed E-state index contributed by atoms with van der Waals surface area (Å²) >= 11 is 0. The average Bonchev–Trinajstić information content (AvgIpc) is 3.58. The summed E-state index contributed by atoms with van der Waals surface area (Å²) in [5.74, 6) is 0.0639. The number of fused-ring (bicyclic) bond motifs is 2. The third-order valence-corrected chi connectivity index (χ3v) is 6.15. The first kappa shape index (κ1) is 18.6. The van der Waals surface area contributed by atoms with Gasteiger partial charge in [-0.05, 0) is 79.1 Å². The summed E-state index contributed by atoms with van der Waals surface area (Å²) in [6.07, 6.45) is 8.96. The zero-order valence-electron chi connectivity index (χ0n) is 17.3. The van der Waals surface area contributed by atoms with Crippen LogP contribution in [0.25, 0.3) is 0 Å². The van der Waals surface area contributed by atoms with E-state index in [4.69, 9.17) is 0 Å². The second-order valence-corrected chi connectivity index (χ2v) is 8.20. The number of carbonyl (C=O) groups excluding carboxylic acids is 1. The first-order valence-corrected chi connectivity index (χ1v) is 10.7. The van der Waals surface area contributed by atoms with Crippen molar-refractivity contribution in [3.05, 3.63) is 103 Å². The number of benzene rings is 2. The van der Waals surface area contributed by atoms with Crippen LogP contribution in [0, 0.1) is 0 Å². The predicted octanol–water partition coefficient (Wildman–Crippen LogP) is 5.61. The van der Waals surface area contributed by atoms with Crippen molar-refractivity contribution < 1.29 is 4.79 Å². The van der Waals surface area contributed by atoms with Crippen LogP contribution in [0.4, 0.5) is 28.4 Å². The largest absolute Gasteiger partial charge is 0.355 e. The first-order chi connectivity index (χ1) is 15.7. The van der Waals surface area contributed by atoms with E-state index in [0.717, 1.165) is 52.4 Å². The highest BCUT2D eigenvalue weighted by atomic mass is 16.2. The number of rotatable bonds is 5. The maximum Gasteiger partial charge on any atom is 0.259 e. The molecule has 1 saturated carbocycles. The van der Waals surface area contributed by atoms with E-state index in [2.05, 4.69) is 26.7 Å². The van der Waals surface area contributed by atoms with E-state index in [-0.39, 0.29) is 11.4 Å². The summed E-state index contributed by atoms with van der Waals surface area (Å²) < 4.78 is 0. The second-order valence-electron chi connectivity index (χ2n) is 8.20. The fourth-order valence-electron chi connectivity index (χ4n) is 4.53. The molecular weight excluding hydrogens is 398 g/mol. The summed E-state index contributed by atoms with van der Waals surface area (Å²) in [5, 5.41) is 6.81. The predicted molar refractivity (Wildman–Crippen MR) is 126 cm³/mol. The normalized spacial score (nSPS) is 15.5. The molecular formula is C26H21N5O. The van der Waals surface area contributed by atoms with Gasteiger partial charge in [0.1, 0.15) is 0 Å². The molecule has 6 rings (SSSR count). The minimum Gasteiger partial charge on any atom is -0.355 e. The Kier molecular flexibility index (Phi) is 4.18. The van der Waals surface area contributed by atoms with Crippen molar-refractivity contribution in [3.63, 3.8) is 0 Å². The summed E-state index contributed by atoms with van der Waals surface area (Å²) in [7, 11) is 0. The lowest BCUT2D eigenvalue weighted by atomic mass is 10.0. The zero-order chi connectivity index (χ0) is 21.5. The van der Waals surface area contributed by atoms with Crippen molar-refractivity contribution >= 4 is 34.3 Å². The third-order valence-electron chi connectivity index (χ3n) is 6.15. The Morgan fingerprint density at radius 2 is 1.34 bits per heavy atom. The number of pyridine rings is 2. The van der Waals surface area contributed by atoms with Gasteiger partial charge in [0, 0.05) is 58.8 Å². The minimum atomic E-state index is -0.252. The van der Waals surface area contributed by atoms with E-state index in [1.54, 1.807) is 24.8 Å². The lowest BCUT2D eigenvalue weighted by Crippen LogP contribution is -2.33. The fraction of sp³-hybridized carbons (Fsp3) is 0.115. The Balaban J connectivity index is 1.33. The molecule has 3 heterocycles. The number of anilines is 5. The maximum atomic E-state index is 13.5. The molecule has 2 N–H and O–H groups in total. The van der Waals surface area contributed by atoms with Gasteiger partial charge in [0.2, 0.25) is 0 Å². The summed E-state index contributed by atoms with van der Waals surface area (Å²) in [5.41, 5.74) is 6.40. The highest BCUT2D eigenvalue weighted by molar-refractivity contribution is 6.13. The van der Waals surface area contributed by atoms with Gasteiger partial charge >= 0.3 is 0 Å². The molecule has 32 heavy (non-hydrogen) atoms. The van der Waals surface area contributed by atoms with Crippen LogP contribution in [0.15, 0.2) is 91.5 Å². The molecule has 1 aliphatic heterocycles. The van der Waals surface area contributed by atoms with Crippen molar-refractivity contribution in [2.75, 3.05) is 15.5 Å². The van der Waals surface area contributed by atoms with Crippen molar-refractivity contribution in [2.45, 2.75) is 18.4 Å². The number of nitrogens with one attached hydrogen (secondary N) is 2. The molecule has 2 aromatic heterocycles. The van der Waals surface area contributed by atoms with E-state index in [1.165, 1.54) is 0 Å². The van der Waals surface area contributed by atoms with Gasteiger partial charge in [-0.3, -0.25) is 19.7 Å². The summed E-state index contributed by atoms with van der Waals surface area (Å²) in [6, 6.07) is 21.8. The van der Waals surface area contributed by atoms with E-state index in [9.17, 15) is 4.79 Å². The van der Waals surface area contributed by atoms with Gasteiger partial charge in [-0.15, -0.1) is 0 Å². The van der Waals surface area contributed by atoms with Gasteiger partial charge in [-0.25, -0.2) is 0 Å². The lowest BCUT2D eigenvalue weighted by Gasteiger charge is -2.26. The number of nitrogens with zero attached hydrogens (tertiary/aromatic N) is 3. The van der Waals surface area contributed by atoms with Crippen LogP contribution in [0.1, 0.15) is 28.8 Å². The van der Waals surface area contributed by atoms with Crippen LogP contribution in [0.3, 0.4) is 0 Å². The van der Waals surface area contributed by atoms with Gasteiger partial charge in [-0.2, -0.15) is 0 Å². The fourth-order valence-corrected chi connectivity index (χ4v) is 4.53. The quantitative estimate of drug-likeness (QED) is 0.440. The van der Waals surface area contributed by atoms with Crippen LogP contribution >= 0.6 is 0 Å². The molecule has 0 radical (unpaired) electrons. The molecule has 0 bridgehead atoms. The molecule has 0 atom stereocenters. The SMILES string of the molecule is O=C1c2ccc(Nc3ccncc3)cc2C2(CC2)N1c1cccc(Nc2ccncc2)c1. The van der Waals surface area contributed by atoms with Gasteiger partial charge in [0.15, 0.2) is 0 Å².